The Morgan fingerprint density at radius 2 is 1.90 bits per heavy atom. The smallest absolute Gasteiger partial charge is 0.0698 e. The van der Waals surface area contributed by atoms with Crippen LogP contribution >= 0.6 is 0 Å². The lowest BCUT2D eigenvalue weighted by Crippen LogP contribution is -2.46. The normalized spacial score (nSPS) is 33.1. The van der Waals surface area contributed by atoms with Gasteiger partial charge in [-0.2, -0.15) is 0 Å². The second kappa shape index (κ2) is 7.26. The van der Waals surface area contributed by atoms with Gasteiger partial charge in [-0.1, -0.05) is 27.7 Å². The summed E-state index contributed by atoms with van der Waals surface area (Å²) in [7, 11) is 0. The Morgan fingerprint density at radius 3 is 2.45 bits per heavy atom. The zero-order chi connectivity index (χ0) is 14.6. The third-order valence-electron chi connectivity index (χ3n) is 5.54. The number of hydrogen-bond acceptors (Lipinski definition) is 2. The Kier molecular flexibility index (Phi) is 5.92. The summed E-state index contributed by atoms with van der Waals surface area (Å²) in [5.41, 5.74) is 0.231. The topological polar surface area (TPSA) is 21.3 Å². The minimum atomic E-state index is 0.231. The van der Waals surface area contributed by atoms with E-state index in [0.717, 1.165) is 30.8 Å². The predicted octanol–water partition coefficient (Wildman–Crippen LogP) is 4.39. The third-order valence-corrected chi connectivity index (χ3v) is 5.54. The lowest BCUT2D eigenvalue weighted by atomic mass is 9.75. The molecule has 20 heavy (non-hydrogen) atoms. The maximum atomic E-state index is 6.60. The molecule has 1 N–H and O–H groups in total. The van der Waals surface area contributed by atoms with E-state index in [1.54, 1.807) is 0 Å². The Hall–Kier alpha value is -0.0800. The van der Waals surface area contributed by atoms with Crippen LogP contribution in [0.5, 0.6) is 0 Å². The summed E-state index contributed by atoms with van der Waals surface area (Å²) < 4.78 is 6.60. The summed E-state index contributed by atoms with van der Waals surface area (Å²) in [6.07, 6.45) is 9.60. The van der Waals surface area contributed by atoms with Gasteiger partial charge in [-0.25, -0.2) is 0 Å². The third kappa shape index (κ3) is 4.46. The molecule has 3 atom stereocenters. The summed E-state index contributed by atoms with van der Waals surface area (Å²) in [5.74, 6) is 2.47. The van der Waals surface area contributed by atoms with Crippen molar-refractivity contribution >= 4 is 0 Å². The molecule has 2 saturated carbocycles. The van der Waals surface area contributed by atoms with Crippen LogP contribution in [0.25, 0.3) is 0 Å². The second-order valence-electron chi connectivity index (χ2n) is 7.89. The molecule has 0 spiro atoms. The highest BCUT2D eigenvalue weighted by molar-refractivity contribution is 4.92. The fourth-order valence-electron chi connectivity index (χ4n) is 3.66. The molecule has 0 amide bonds. The largest absolute Gasteiger partial charge is 0.372 e. The minimum Gasteiger partial charge on any atom is -0.372 e. The Morgan fingerprint density at radius 1 is 1.15 bits per heavy atom. The first-order valence-electron chi connectivity index (χ1n) is 8.89. The van der Waals surface area contributed by atoms with Crippen molar-refractivity contribution in [2.45, 2.75) is 84.3 Å². The minimum absolute atomic E-state index is 0.231. The van der Waals surface area contributed by atoms with Crippen molar-refractivity contribution in [3.05, 3.63) is 0 Å². The van der Waals surface area contributed by atoms with Gasteiger partial charge in [0.05, 0.1) is 11.7 Å². The number of hydrogen-bond donors (Lipinski definition) is 1. The average Bonchev–Trinajstić information content (AvgIpc) is 2.35. The van der Waals surface area contributed by atoms with Crippen LogP contribution < -0.4 is 5.32 Å². The Bertz CT molecular complexity index is 285. The zero-order valence-corrected chi connectivity index (χ0v) is 14.1. The zero-order valence-electron chi connectivity index (χ0n) is 14.1. The molecule has 0 heterocycles. The van der Waals surface area contributed by atoms with Gasteiger partial charge in [-0.15, -0.1) is 0 Å². The van der Waals surface area contributed by atoms with Gasteiger partial charge >= 0.3 is 0 Å². The molecule has 2 aliphatic carbocycles. The van der Waals surface area contributed by atoms with Crippen molar-refractivity contribution in [3.8, 4) is 0 Å². The summed E-state index contributed by atoms with van der Waals surface area (Å²) in [4.78, 5) is 0. The van der Waals surface area contributed by atoms with Crippen molar-refractivity contribution in [1.29, 1.82) is 0 Å². The molecule has 2 nitrogen and oxygen atoms in total. The predicted molar refractivity (Wildman–Crippen MR) is 86.0 cm³/mol. The fourth-order valence-corrected chi connectivity index (χ4v) is 3.66. The van der Waals surface area contributed by atoms with E-state index < -0.39 is 0 Å². The van der Waals surface area contributed by atoms with Gasteiger partial charge < -0.3 is 10.1 Å². The molecule has 0 bridgehead atoms. The van der Waals surface area contributed by atoms with Crippen molar-refractivity contribution in [2.75, 3.05) is 13.1 Å². The van der Waals surface area contributed by atoms with Crippen LogP contribution in [0.1, 0.15) is 72.6 Å². The highest BCUT2D eigenvalue weighted by Gasteiger charge is 2.40. The molecule has 2 heteroatoms. The first kappa shape index (κ1) is 16.3. The lowest BCUT2D eigenvalue weighted by molar-refractivity contribution is -0.158. The molecule has 0 aliphatic heterocycles. The molecular weight excluding hydrogens is 246 g/mol. The standard InChI is InChI=1S/C18H35NO/c1-14(2)13-19-11-10-18(8-5-9-18)20-17-7-6-15(3)16(4)12-17/h14-17,19H,5-13H2,1-4H3. The van der Waals surface area contributed by atoms with Crippen LogP contribution in [-0.2, 0) is 4.74 Å². The van der Waals surface area contributed by atoms with E-state index in [9.17, 15) is 0 Å². The van der Waals surface area contributed by atoms with Crippen LogP contribution in [0.3, 0.4) is 0 Å². The molecule has 0 aromatic heterocycles. The van der Waals surface area contributed by atoms with E-state index in [0.29, 0.717) is 6.10 Å². The highest BCUT2D eigenvalue weighted by atomic mass is 16.5. The first-order valence-corrected chi connectivity index (χ1v) is 8.89. The Balaban J connectivity index is 1.73. The van der Waals surface area contributed by atoms with Gasteiger partial charge in [0.15, 0.2) is 0 Å². The quantitative estimate of drug-likeness (QED) is 0.699. The van der Waals surface area contributed by atoms with E-state index in [2.05, 4.69) is 33.0 Å². The lowest BCUT2D eigenvalue weighted by Gasteiger charge is -2.46. The van der Waals surface area contributed by atoms with Crippen molar-refractivity contribution in [3.63, 3.8) is 0 Å². The molecule has 0 saturated heterocycles. The molecule has 2 aliphatic rings. The molecule has 118 valence electrons. The van der Waals surface area contributed by atoms with Crippen LogP contribution in [0.15, 0.2) is 0 Å². The Labute approximate surface area is 126 Å². The summed E-state index contributed by atoms with van der Waals surface area (Å²) in [6.45, 7) is 11.6. The maximum Gasteiger partial charge on any atom is 0.0698 e. The molecule has 0 aromatic rings. The number of nitrogens with one attached hydrogen (secondary N) is 1. The second-order valence-corrected chi connectivity index (χ2v) is 7.89. The van der Waals surface area contributed by atoms with Gasteiger partial charge in [-0.05, 0) is 75.8 Å². The van der Waals surface area contributed by atoms with E-state index in [1.807, 2.05) is 0 Å². The number of rotatable bonds is 7. The first-order chi connectivity index (χ1) is 9.51. The maximum absolute atomic E-state index is 6.60. The van der Waals surface area contributed by atoms with Gasteiger partial charge in [0.25, 0.3) is 0 Å². The average molecular weight is 281 g/mol. The highest BCUT2D eigenvalue weighted by Crippen LogP contribution is 2.42. The summed E-state index contributed by atoms with van der Waals surface area (Å²) in [5, 5.41) is 3.58. The molecule has 0 aromatic carbocycles. The van der Waals surface area contributed by atoms with Crippen LogP contribution in [0.2, 0.25) is 0 Å². The van der Waals surface area contributed by atoms with Crippen LogP contribution in [0.4, 0.5) is 0 Å². The van der Waals surface area contributed by atoms with Gasteiger partial charge in [0.1, 0.15) is 0 Å². The van der Waals surface area contributed by atoms with E-state index in [4.69, 9.17) is 4.74 Å². The summed E-state index contributed by atoms with van der Waals surface area (Å²) in [6, 6.07) is 0. The van der Waals surface area contributed by atoms with Crippen LogP contribution in [0, 0.1) is 17.8 Å². The van der Waals surface area contributed by atoms with Crippen LogP contribution in [-0.4, -0.2) is 24.8 Å². The van der Waals surface area contributed by atoms with E-state index in [-0.39, 0.29) is 5.60 Å². The van der Waals surface area contributed by atoms with E-state index >= 15 is 0 Å². The SMILES string of the molecule is CC(C)CNCCC1(OC2CCC(C)C(C)C2)CCC1. The number of ether oxygens (including phenoxy) is 1. The molecular formula is C18H35NO. The van der Waals surface area contributed by atoms with Crippen molar-refractivity contribution in [1.82, 2.24) is 5.32 Å². The van der Waals surface area contributed by atoms with E-state index in [1.165, 1.54) is 44.9 Å². The van der Waals surface area contributed by atoms with Crippen molar-refractivity contribution in [2.24, 2.45) is 17.8 Å². The molecule has 2 rings (SSSR count). The molecule has 0 radical (unpaired) electrons. The fraction of sp³-hybridized carbons (Fsp3) is 1.00. The van der Waals surface area contributed by atoms with Crippen molar-refractivity contribution < 1.29 is 4.74 Å². The molecule has 3 unspecified atom stereocenters. The molecule has 2 fully saturated rings. The van der Waals surface area contributed by atoms with Gasteiger partial charge in [-0.3, -0.25) is 0 Å². The van der Waals surface area contributed by atoms with Gasteiger partial charge in [0, 0.05) is 0 Å². The summed E-state index contributed by atoms with van der Waals surface area (Å²) >= 11 is 0. The monoisotopic (exact) mass is 281 g/mol. The van der Waals surface area contributed by atoms with Gasteiger partial charge in [0.2, 0.25) is 0 Å².